The summed E-state index contributed by atoms with van der Waals surface area (Å²) >= 11 is 0. The van der Waals surface area contributed by atoms with Crippen LogP contribution in [0.2, 0.25) is 0 Å². The maximum atomic E-state index is 10.9. The molecule has 0 atom stereocenters. The first-order valence-corrected chi connectivity index (χ1v) is 6.20. The number of ether oxygens (including phenoxy) is 1. The number of unbranched alkanes of at least 4 members (excludes halogenated alkanes) is 1. The number of carbonyl (C=O) groups excluding carboxylic acids is 1. The third kappa shape index (κ3) is 6.57. The van der Waals surface area contributed by atoms with E-state index >= 15 is 0 Å². The van der Waals surface area contributed by atoms with Crippen LogP contribution in [0.3, 0.4) is 0 Å². The Labute approximate surface area is 79.2 Å². The van der Waals surface area contributed by atoms with E-state index in [-0.39, 0.29) is 5.75 Å². The van der Waals surface area contributed by atoms with Gasteiger partial charge in [-0.2, -0.15) is 0 Å². The van der Waals surface area contributed by atoms with E-state index < -0.39 is 21.6 Å². The zero-order chi connectivity index (χ0) is 10.3. The lowest BCUT2D eigenvalue weighted by Crippen LogP contribution is -2.20. The van der Waals surface area contributed by atoms with Gasteiger partial charge in [0.2, 0.25) is 0 Å². The molecule has 0 aliphatic heterocycles. The number of hydrogen-bond acceptors (Lipinski definition) is 4. The Kier molecular flexibility index (Phi) is 5.70. The maximum absolute atomic E-state index is 10.9. The fraction of sp³-hybridized carbons (Fsp3) is 0.875. The lowest BCUT2D eigenvalue weighted by molar-refractivity contribution is -0.140. The molecule has 0 rings (SSSR count). The molecule has 0 unspecified atom stereocenters. The molecule has 0 saturated carbocycles. The molecule has 0 amide bonds. The quantitative estimate of drug-likeness (QED) is 0.477. The van der Waals surface area contributed by atoms with Gasteiger partial charge in [-0.1, -0.05) is 20.3 Å². The summed E-state index contributed by atoms with van der Waals surface area (Å²) in [4.78, 5) is 10.9. The van der Waals surface area contributed by atoms with Gasteiger partial charge in [-0.15, -0.1) is 0 Å². The molecule has 0 aliphatic carbocycles. The highest BCUT2D eigenvalue weighted by atomic mass is 32.2. The van der Waals surface area contributed by atoms with E-state index in [2.05, 4.69) is 0 Å². The Balaban J connectivity index is 3.75. The van der Waals surface area contributed by atoms with Crippen molar-refractivity contribution in [2.75, 3.05) is 18.1 Å². The van der Waals surface area contributed by atoms with Crippen LogP contribution < -0.4 is 0 Å². The molecule has 78 valence electrons. The van der Waals surface area contributed by atoms with E-state index in [1.165, 1.54) is 6.92 Å². The van der Waals surface area contributed by atoms with Crippen LogP contribution in [0.25, 0.3) is 0 Å². The predicted octanol–water partition coefficient (Wildman–Crippen LogP) is 0.764. The highest BCUT2D eigenvalue weighted by molar-refractivity contribution is 7.92. The fourth-order valence-corrected chi connectivity index (χ4v) is 1.30. The monoisotopic (exact) mass is 208 g/mol. The lowest BCUT2D eigenvalue weighted by atomic mass is 10.4. The molecular weight excluding hydrogens is 192 g/mol. The summed E-state index contributed by atoms with van der Waals surface area (Å²) < 4.78 is 26.6. The number of rotatable bonds is 6. The number of hydrogen-bond donors (Lipinski definition) is 0. The zero-order valence-electron chi connectivity index (χ0n) is 8.08. The topological polar surface area (TPSA) is 60.4 Å². The van der Waals surface area contributed by atoms with Crippen LogP contribution in [0.4, 0.5) is 0 Å². The average molecular weight is 208 g/mol. The molecule has 0 fully saturated rings. The summed E-state index contributed by atoms with van der Waals surface area (Å²) in [6, 6.07) is 0. The van der Waals surface area contributed by atoms with Crippen molar-refractivity contribution < 1.29 is 17.9 Å². The van der Waals surface area contributed by atoms with E-state index in [1.54, 1.807) is 0 Å². The van der Waals surface area contributed by atoms with E-state index in [4.69, 9.17) is 4.74 Å². The molecule has 13 heavy (non-hydrogen) atoms. The van der Waals surface area contributed by atoms with Crippen LogP contribution in [-0.4, -0.2) is 32.5 Å². The second-order valence-electron chi connectivity index (χ2n) is 2.75. The Morgan fingerprint density at radius 2 is 1.92 bits per heavy atom. The minimum atomic E-state index is -3.23. The molecular formula is C8H16O4S. The molecule has 0 heterocycles. The van der Waals surface area contributed by atoms with Gasteiger partial charge in [0, 0.05) is 5.75 Å². The molecule has 0 aromatic heterocycles. The Morgan fingerprint density at radius 1 is 1.31 bits per heavy atom. The van der Waals surface area contributed by atoms with Gasteiger partial charge in [0.15, 0.2) is 9.84 Å². The first-order valence-electron chi connectivity index (χ1n) is 4.38. The third-order valence-electron chi connectivity index (χ3n) is 1.54. The summed E-state index contributed by atoms with van der Waals surface area (Å²) in [7, 11) is -3.23. The molecule has 0 bridgehead atoms. The van der Waals surface area contributed by atoms with Crippen molar-refractivity contribution in [3.05, 3.63) is 0 Å². The fourth-order valence-electron chi connectivity index (χ4n) is 0.654. The van der Waals surface area contributed by atoms with E-state index in [0.29, 0.717) is 6.61 Å². The molecule has 0 radical (unpaired) electrons. The SMILES string of the molecule is CCCCOC(=O)CS(=O)(=O)CC. The van der Waals surface area contributed by atoms with Crippen molar-refractivity contribution in [1.82, 2.24) is 0 Å². The van der Waals surface area contributed by atoms with Crippen LogP contribution in [0.5, 0.6) is 0 Å². The van der Waals surface area contributed by atoms with Crippen LogP contribution in [0.1, 0.15) is 26.7 Å². The van der Waals surface area contributed by atoms with Crippen molar-refractivity contribution in [3.8, 4) is 0 Å². The highest BCUT2D eigenvalue weighted by Crippen LogP contribution is 1.94. The summed E-state index contributed by atoms with van der Waals surface area (Å²) in [5, 5.41) is 0. The lowest BCUT2D eigenvalue weighted by Gasteiger charge is -2.03. The predicted molar refractivity (Wildman–Crippen MR) is 50.2 cm³/mol. The van der Waals surface area contributed by atoms with E-state index in [1.807, 2.05) is 6.92 Å². The van der Waals surface area contributed by atoms with Crippen LogP contribution in [0.15, 0.2) is 0 Å². The van der Waals surface area contributed by atoms with Gasteiger partial charge in [0.05, 0.1) is 6.61 Å². The van der Waals surface area contributed by atoms with Crippen molar-refractivity contribution >= 4 is 15.8 Å². The van der Waals surface area contributed by atoms with Gasteiger partial charge in [0.1, 0.15) is 5.75 Å². The molecule has 0 spiro atoms. The summed E-state index contributed by atoms with van der Waals surface area (Å²) in [6.07, 6.45) is 1.70. The average Bonchev–Trinajstić information content (AvgIpc) is 2.04. The summed E-state index contributed by atoms with van der Waals surface area (Å²) in [6.45, 7) is 3.79. The molecule has 5 heteroatoms. The first kappa shape index (κ1) is 12.4. The van der Waals surface area contributed by atoms with E-state index in [0.717, 1.165) is 12.8 Å². The third-order valence-corrected chi connectivity index (χ3v) is 3.09. The van der Waals surface area contributed by atoms with Crippen molar-refractivity contribution in [2.45, 2.75) is 26.7 Å². The second kappa shape index (κ2) is 5.96. The Bertz CT molecular complexity index is 243. The Morgan fingerprint density at radius 3 is 2.38 bits per heavy atom. The van der Waals surface area contributed by atoms with Crippen LogP contribution >= 0.6 is 0 Å². The summed E-state index contributed by atoms with van der Waals surface area (Å²) in [5.74, 6) is -1.15. The van der Waals surface area contributed by atoms with Gasteiger partial charge in [-0.3, -0.25) is 4.79 Å². The molecule has 4 nitrogen and oxygen atoms in total. The minimum absolute atomic E-state index is 0.0180. The van der Waals surface area contributed by atoms with Gasteiger partial charge in [-0.25, -0.2) is 8.42 Å². The highest BCUT2D eigenvalue weighted by Gasteiger charge is 2.14. The van der Waals surface area contributed by atoms with Gasteiger partial charge >= 0.3 is 5.97 Å². The van der Waals surface area contributed by atoms with Crippen LogP contribution in [-0.2, 0) is 19.4 Å². The minimum Gasteiger partial charge on any atom is -0.465 e. The van der Waals surface area contributed by atoms with Gasteiger partial charge < -0.3 is 4.74 Å². The number of esters is 1. The molecule has 0 aromatic carbocycles. The molecule has 0 aliphatic rings. The second-order valence-corrected chi connectivity index (χ2v) is 5.10. The van der Waals surface area contributed by atoms with E-state index in [9.17, 15) is 13.2 Å². The van der Waals surface area contributed by atoms with Gasteiger partial charge in [0.25, 0.3) is 0 Å². The normalized spacial score (nSPS) is 11.2. The first-order chi connectivity index (χ1) is 6.02. The maximum Gasteiger partial charge on any atom is 0.321 e. The standard InChI is InChI=1S/C8H16O4S/c1-3-5-6-12-8(9)7-13(10,11)4-2/h3-7H2,1-2H3. The van der Waals surface area contributed by atoms with Crippen molar-refractivity contribution in [3.63, 3.8) is 0 Å². The molecule has 0 aromatic rings. The van der Waals surface area contributed by atoms with Crippen molar-refractivity contribution in [2.24, 2.45) is 0 Å². The van der Waals surface area contributed by atoms with Crippen molar-refractivity contribution in [1.29, 1.82) is 0 Å². The number of sulfone groups is 1. The number of carbonyl (C=O) groups is 1. The van der Waals surface area contributed by atoms with Crippen LogP contribution in [0, 0.1) is 0 Å². The molecule has 0 N–H and O–H groups in total. The zero-order valence-corrected chi connectivity index (χ0v) is 8.89. The largest absolute Gasteiger partial charge is 0.465 e. The smallest absolute Gasteiger partial charge is 0.321 e. The Hall–Kier alpha value is -0.580. The summed E-state index contributed by atoms with van der Waals surface area (Å²) in [5.41, 5.74) is 0. The molecule has 0 saturated heterocycles. The van der Waals surface area contributed by atoms with Gasteiger partial charge in [-0.05, 0) is 6.42 Å².